The lowest BCUT2D eigenvalue weighted by molar-refractivity contribution is -0.0135. The van der Waals surface area contributed by atoms with Gasteiger partial charge in [-0.1, -0.05) is 25.1 Å². The highest BCUT2D eigenvalue weighted by Gasteiger charge is 2.41. The van der Waals surface area contributed by atoms with E-state index in [-0.39, 0.29) is 5.60 Å². The first-order valence-electron chi connectivity index (χ1n) is 10.5. The van der Waals surface area contributed by atoms with Crippen LogP contribution in [0.1, 0.15) is 49.6 Å². The van der Waals surface area contributed by atoms with Gasteiger partial charge in [-0.05, 0) is 45.8 Å². The van der Waals surface area contributed by atoms with E-state index >= 15 is 0 Å². The van der Waals surface area contributed by atoms with Gasteiger partial charge in [-0.25, -0.2) is 9.97 Å². The zero-order valence-corrected chi connectivity index (χ0v) is 17.4. The summed E-state index contributed by atoms with van der Waals surface area (Å²) in [5, 5.41) is 0. The topological polar surface area (TPSA) is 41.5 Å². The molecule has 0 atom stereocenters. The second-order valence-electron chi connectivity index (χ2n) is 8.59. The largest absolute Gasteiger partial charge is 0.486 e. The number of aromatic nitrogens is 2. The monoisotopic (exact) mass is 380 g/mol. The Hall–Kier alpha value is -1.98. The first kappa shape index (κ1) is 19.3. The Balaban J connectivity index is 1.56. The molecule has 1 saturated carbocycles. The van der Waals surface area contributed by atoms with Crippen LogP contribution in [0.4, 0.5) is 0 Å². The lowest BCUT2D eigenvalue weighted by Crippen LogP contribution is -2.50. The normalized spacial score (nSPS) is 25.4. The molecule has 1 aliphatic carbocycles. The number of para-hydroxylation sites is 1. The maximum absolute atomic E-state index is 6.73. The molecule has 0 unspecified atom stereocenters. The van der Waals surface area contributed by atoms with E-state index in [2.05, 4.69) is 65.1 Å². The molecule has 0 bridgehead atoms. The van der Waals surface area contributed by atoms with Crippen LogP contribution in [-0.4, -0.2) is 52.1 Å². The van der Waals surface area contributed by atoms with E-state index in [1.165, 1.54) is 24.0 Å². The first-order chi connectivity index (χ1) is 13.6. The second kappa shape index (κ2) is 8.18. The predicted molar refractivity (Wildman–Crippen MR) is 111 cm³/mol. The van der Waals surface area contributed by atoms with Crippen molar-refractivity contribution in [1.29, 1.82) is 0 Å². The molecule has 2 aliphatic rings. The third-order valence-corrected chi connectivity index (χ3v) is 6.28. The minimum atomic E-state index is -0.0939. The van der Waals surface area contributed by atoms with Gasteiger partial charge < -0.3 is 9.64 Å². The molecule has 1 spiro atoms. The number of aryl methyl sites for hydroxylation is 1. The zero-order chi connectivity index (χ0) is 19.6. The average Bonchev–Trinajstić information content (AvgIpc) is 2.85. The summed E-state index contributed by atoms with van der Waals surface area (Å²) in [5.74, 6) is 1.97. The van der Waals surface area contributed by atoms with Crippen molar-refractivity contribution in [2.24, 2.45) is 0 Å². The van der Waals surface area contributed by atoms with Gasteiger partial charge in [0.1, 0.15) is 17.2 Å². The Labute approximate surface area is 168 Å². The summed E-state index contributed by atoms with van der Waals surface area (Å²) in [5.41, 5.74) is 2.36. The van der Waals surface area contributed by atoms with Crippen LogP contribution in [0, 0.1) is 0 Å². The molecule has 1 aromatic heterocycles. The zero-order valence-electron chi connectivity index (χ0n) is 17.4. The van der Waals surface area contributed by atoms with Gasteiger partial charge in [-0.2, -0.15) is 0 Å². The number of fused-ring (bicyclic) bond motifs is 1. The molecular weight excluding hydrogens is 348 g/mol. The van der Waals surface area contributed by atoms with Crippen LogP contribution >= 0.6 is 0 Å². The van der Waals surface area contributed by atoms with Crippen LogP contribution in [0.25, 0.3) is 0 Å². The molecule has 0 radical (unpaired) electrons. The van der Waals surface area contributed by atoms with Crippen LogP contribution in [0.15, 0.2) is 36.7 Å². The van der Waals surface area contributed by atoms with Crippen molar-refractivity contribution in [2.75, 3.05) is 20.6 Å². The number of rotatable bonds is 4. The van der Waals surface area contributed by atoms with E-state index < -0.39 is 0 Å². The van der Waals surface area contributed by atoms with Crippen LogP contribution in [0.5, 0.6) is 5.75 Å². The number of nitrogens with zero attached hydrogens (tertiary/aromatic N) is 4. The van der Waals surface area contributed by atoms with Gasteiger partial charge in [0.25, 0.3) is 0 Å². The molecule has 0 saturated heterocycles. The summed E-state index contributed by atoms with van der Waals surface area (Å²) in [6.07, 6.45) is 9.44. The van der Waals surface area contributed by atoms with Gasteiger partial charge in [-0.15, -0.1) is 0 Å². The molecule has 150 valence electrons. The van der Waals surface area contributed by atoms with Crippen molar-refractivity contribution >= 4 is 0 Å². The Morgan fingerprint density at radius 3 is 2.54 bits per heavy atom. The lowest BCUT2D eigenvalue weighted by Gasteiger charge is -2.43. The molecule has 1 aromatic carbocycles. The highest BCUT2D eigenvalue weighted by molar-refractivity contribution is 5.35. The third-order valence-electron chi connectivity index (χ3n) is 6.28. The lowest BCUT2D eigenvalue weighted by atomic mass is 9.81. The first-order valence-corrected chi connectivity index (χ1v) is 10.5. The van der Waals surface area contributed by atoms with Gasteiger partial charge in [0.15, 0.2) is 0 Å². The summed E-state index contributed by atoms with van der Waals surface area (Å²) in [4.78, 5) is 13.9. The molecule has 4 rings (SSSR count). The van der Waals surface area contributed by atoms with E-state index in [0.29, 0.717) is 6.04 Å². The van der Waals surface area contributed by atoms with Crippen molar-refractivity contribution in [3.05, 3.63) is 53.6 Å². The van der Waals surface area contributed by atoms with Crippen LogP contribution < -0.4 is 4.74 Å². The van der Waals surface area contributed by atoms with Crippen molar-refractivity contribution < 1.29 is 4.74 Å². The van der Waals surface area contributed by atoms with Crippen LogP contribution in [-0.2, 0) is 19.5 Å². The molecule has 5 nitrogen and oxygen atoms in total. The van der Waals surface area contributed by atoms with E-state index in [9.17, 15) is 0 Å². The summed E-state index contributed by atoms with van der Waals surface area (Å²) >= 11 is 0. The van der Waals surface area contributed by atoms with E-state index in [1.54, 1.807) is 0 Å². The quantitative estimate of drug-likeness (QED) is 0.809. The van der Waals surface area contributed by atoms with Crippen LogP contribution in [0.2, 0.25) is 0 Å². The van der Waals surface area contributed by atoms with Gasteiger partial charge in [0.2, 0.25) is 0 Å². The van der Waals surface area contributed by atoms with E-state index in [1.807, 2.05) is 12.4 Å². The van der Waals surface area contributed by atoms with Crippen molar-refractivity contribution in [1.82, 2.24) is 19.8 Å². The van der Waals surface area contributed by atoms with Crippen molar-refractivity contribution in [3.8, 4) is 5.75 Å². The van der Waals surface area contributed by atoms with Gasteiger partial charge in [0, 0.05) is 55.6 Å². The molecule has 2 aromatic rings. The van der Waals surface area contributed by atoms with E-state index in [4.69, 9.17) is 4.74 Å². The number of hydrogen-bond donors (Lipinski definition) is 0. The number of hydrogen-bond acceptors (Lipinski definition) is 5. The van der Waals surface area contributed by atoms with Crippen LogP contribution in [0.3, 0.4) is 0 Å². The Morgan fingerprint density at radius 2 is 1.86 bits per heavy atom. The fourth-order valence-corrected chi connectivity index (χ4v) is 4.62. The molecule has 1 aliphatic heterocycles. The SMILES string of the molecule is CCc1ncc(CN2Cc3ccccc3OC3(CCC(N(C)C)CC3)C2)cn1. The molecular formula is C23H32N4O. The molecule has 5 heteroatoms. The summed E-state index contributed by atoms with van der Waals surface area (Å²) < 4.78 is 6.73. The Kier molecular flexibility index (Phi) is 5.65. The highest BCUT2D eigenvalue weighted by atomic mass is 16.5. The van der Waals surface area contributed by atoms with Gasteiger partial charge in [0.05, 0.1) is 0 Å². The van der Waals surface area contributed by atoms with Gasteiger partial charge in [-0.3, -0.25) is 4.90 Å². The fraction of sp³-hybridized carbons (Fsp3) is 0.565. The standard InChI is InChI=1S/C23H32N4O/c1-4-22-24-13-18(14-25-22)15-27-16-19-7-5-6-8-21(19)28-23(17-27)11-9-20(10-12-23)26(2)3/h5-8,13-14,20H,4,9-12,15-17H2,1-3H3. The minimum absolute atomic E-state index is 0.0939. The molecule has 0 N–H and O–H groups in total. The predicted octanol–water partition coefficient (Wildman–Crippen LogP) is 3.68. The highest BCUT2D eigenvalue weighted by Crippen LogP contribution is 2.39. The van der Waals surface area contributed by atoms with E-state index in [0.717, 1.165) is 50.5 Å². The molecule has 1 fully saturated rings. The van der Waals surface area contributed by atoms with Gasteiger partial charge >= 0.3 is 0 Å². The van der Waals surface area contributed by atoms with Crippen molar-refractivity contribution in [2.45, 2.75) is 63.8 Å². The smallest absolute Gasteiger partial charge is 0.127 e. The fourth-order valence-electron chi connectivity index (χ4n) is 4.62. The summed E-state index contributed by atoms with van der Waals surface area (Å²) in [6, 6.07) is 9.20. The third kappa shape index (κ3) is 4.20. The summed E-state index contributed by atoms with van der Waals surface area (Å²) in [7, 11) is 4.39. The van der Waals surface area contributed by atoms with Crippen molar-refractivity contribution in [3.63, 3.8) is 0 Å². The Bertz CT molecular complexity index is 781. The Morgan fingerprint density at radius 1 is 1.14 bits per heavy atom. The molecule has 28 heavy (non-hydrogen) atoms. The minimum Gasteiger partial charge on any atom is -0.486 e. The second-order valence-corrected chi connectivity index (χ2v) is 8.59. The number of ether oxygens (including phenoxy) is 1. The number of benzene rings is 1. The maximum Gasteiger partial charge on any atom is 0.127 e. The molecule has 0 amide bonds. The maximum atomic E-state index is 6.73. The average molecular weight is 381 g/mol. The molecule has 2 heterocycles. The summed E-state index contributed by atoms with van der Waals surface area (Å²) in [6.45, 7) is 4.81.